The summed E-state index contributed by atoms with van der Waals surface area (Å²) < 4.78 is 12.6. The summed E-state index contributed by atoms with van der Waals surface area (Å²) in [5, 5.41) is 9.87. The second kappa shape index (κ2) is 5.08. The molecule has 1 rings (SSSR count). The van der Waals surface area contributed by atoms with Gasteiger partial charge >= 0.3 is 0 Å². The Kier molecular flexibility index (Phi) is 4.04. The summed E-state index contributed by atoms with van der Waals surface area (Å²) in [6.07, 6.45) is 0.222. The van der Waals surface area contributed by atoms with Crippen LogP contribution in [0.1, 0.15) is 25.0 Å². The van der Waals surface area contributed by atoms with Crippen molar-refractivity contribution in [3.05, 3.63) is 35.6 Å². The van der Waals surface area contributed by atoms with Gasteiger partial charge < -0.3 is 10.8 Å². The number of nitrogens with two attached hydrogens (primary N) is 1. The largest absolute Gasteiger partial charge is 0.388 e. The highest BCUT2D eigenvalue weighted by Gasteiger charge is 2.17. The van der Waals surface area contributed by atoms with Crippen LogP contribution in [0, 0.1) is 11.7 Å². The van der Waals surface area contributed by atoms with Gasteiger partial charge in [0.1, 0.15) is 5.82 Å². The third-order valence-corrected chi connectivity index (χ3v) is 2.49. The predicted molar refractivity (Wildman–Crippen MR) is 54.2 cm³/mol. The minimum Gasteiger partial charge on any atom is -0.388 e. The Labute approximate surface area is 83.6 Å². The lowest BCUT2D eigenvalue weighted by atomic mass is 9.94. The smallest absolute Gasteiger partial charge is 0.123 e. The zero-order valence-corrected chi connectivity index (χ0v) is 8.28. The molecule has 2 unspecified atom stereocenters. The highest BCUT2D eigenvalue weighted by molar-refractivity contribution is 5.19. The topological polar surface area (TPSA) is 46.2 Å². The van der Waals surface area contributed by atoms with E-state index in [1.165, 1.54) is 12.1 Å². The van der Waals surface area contributed by atoms with E-state index in [2.05, 4.69) is 0 Å². The van der Waals surface area contributed by atoms with Crippen molar-refractivity contribution in [2.75, 3.05) is 6.54 Å². The molecule has 0 aliphatic carbocycles. The van der Waals surface area contributed by atoms with Gasteiger partial charge in [-0.1, -0.05) is 19.1 Å². The van der Waals surface area contributed by atoms with Crippen LogP contribution in [0.15, 0.2) is 24.3 Å². The second-order valence-electron chi connectivity index (χ2n) is 3.40. The normalized spacial score (nSPS) is 15.1. The SMILES string of the molecule is CCC(CN)C(O)c1ccc(F)cc1. The van der Waals surface area contributed by atoms with Gasteiger partial charge in [-0.15, -0.1) is 0 Å². The summed E-state index contributed by atoms with van der Waals surface area (Å²) in [4.78, 5) is 0. The summed E-state index contributed by atoms with van der Waals surface area (Å²) >= 11 is 0. The zero-order valence-electron chi connectivity index (χ0n) is 8.28. The molecule has 0 saturated carbocycles. The summed E-state index contributed by atoms with van der Waals surface area (Å²) in [6.45, 7) is 2.42. The van der Waals surface area contributed by atoms with Gasteiger partial charge in [-0.2, -0.15) is 0 Å². The van der Waals surface area contributed by atoms with Crippen LogP contribution in [0.2, 0.25) is 0 Å². The Hall–Kier alpha value is -0.930. The average Bonchev–Trinajstić information content (AvgIpc) is 2.20. The lowest BCUT2D eigenvalue weighted by Crippen LogP contribution is -2.21. The molecule has 0 fully saturated rings. The molecule has 0 radical (unpaired) electrons. The maximum atomic E-state index is 12.6. The fourth-order valence-electron chi connectivity index (χ4n) is 1.45. The number of halogens is 1. The molecule has 2 nitrogen and oxygen atoms in total. The molecule has 0 aliphatic heterocycles. The Morgan fingerprint density at radius 2 is 1.93 bits per heavy atom. The first-order valence-corrected chi connectivity index (χ1v) is 4.82. The van der Waals surface area contributed by atoms with Gasteiger partial charge in [0, 0.05) is 5.92 Å². The van der Waals surface area contributed by atoms with Crippen molar-refractivity contribution in [3.8, 4) is 0 Å². The third kappa shape index (κ3) is 2.53. The molecule has 14 heavy (non-hydrogen) atoms. The number of aliphatic hydroxyl groups excluding tert-OH is 1. The molecule has 0 aliphatic rings. The van der Waals surface area contributed by atoms with Gasteiger partial charge in [-0.25, -0.2) is 4.39 Å². The summed E-state index contributed by atoms with van der Waals surface area (Å²) in [7, 11) is 0. The lowest BCUT2D eigenvalue weighted by molar-refractivity contribution is 0.110. The molecule has 2 atom stereocenters. The summed E-state index contributed by atoms with van der Waals surface area (Å²) in [5.74, 6) is -0.248. The van der Waals surface area contributed by atoms with E-state index < -0.39 is 6.10 Å². The van der Waals surface area contributed by atoms with E-state index in [1.807, 2.05) is 6.92 Å². The summed E-state index contributed by atoms with van der Waals surface area (Å²) in [5.41, 5.74) is 6.24. The van der Waals surface area contributed by atoms with E-state index >= 15 is 0 Å². The fraction of sp³-hybridized carbons (Fsp3) is 0.455. The Morgan fingerprint density at radius 3 is 2.36 bits per heavy atom. The number of hydrogen-bond donors (Lipinski definition) is 2. The number of benzene rings is 1. The molecule has 0 saturated heterocycles. The van der Waals surface area contributed by atoms with Crippen LogP contribution < -0.4 is 5.73 Å². The monoisotopic (exact) mass is 197 g/mol. The average molecular weight is 197 g/mol. The first kappa shape index (κ1) is 11.1. The molecule has 0 spiro atoms. The van der Waals surface area contributed by atoms with Crippen molar-refractivity contribution >= 4 is 0 Å². The third-order valence-electron chi connectivity index (χ3n) is 2.49. The Bertz CT molecular complexity index is 269. The van der Waals surface area contributed by atoms with Crippen LogP contribution in [0.25, 0.3) is 0 Å². The number of aliphatic hydroxyl groups is 1. The molecule has 3 N–H and O–H groups in total. The van der Waals surface area contributed by atoms with Crippen molar-refractivity contribution in [2.45, 2.75) is 19.4 Å². The van der Waals surface area contributed by atoms with Gasteiger partial charge in [0.05, 0.1) is 6.10 Å². The summed E-state index contributed by atoms with van der Waals surface area (Å²) in [6, 6.07) is 5.89. The van der Waals surface area contributed by atoms with E-state index in [9.17, 15) is 9.50 Å². The number of hydrogen-bond acceptors (Lipinski definition) is 2. The molecular formula is C11H16FNO. The molecular weight excluding hydrogens is 181 g/mol. The van der Waals surface area contributed by atoms with Crippen molar-refractivity contribution < 1.29 is 9.50 Å². The highest BCUT2D eigenvalue weighted by atomic mass is 19.1. The highest BCUT2D eigenvalue weighted by Crippen LogP contribution is 2.23. The van der Waals surface area contributed by atoms with Gasteiger partial charge in [0.25, 0.3) is 0 Å². The molecule has 0 heterocycles. The predicted octanol–water partition coefficient (Wildman–Crippen LogP) is 1.84. The first-order valence-electron chi connectivity index (χ1n) is 4.82. The van der Waals surface area contributed by atoms with Crippen LogP contribution in [-0.4, -0.2) is 11.7 Å². The van der Waals surface area contributed by atoms with Crippen LogP contribution in [-0.2, 0) is 0 Å². The van der Waals surface area contributed by atoms with Gasteiger partial charge in [-0.05, 0) is 30.7 Å². The molecule has 78 valence electrons. The second-order valence-corrected chi connectivity index (χ2v) is 3.40. The zero-order chi connectivity index (χ0) is 10.6. The van der Waals surface area contributed by atoms with Gasteiger partial charge in [0.2, 0.25) is 0 Å². The maximum Gasteiger partial charge on any atom is 0.123 e. The Balaban J connectivity index is 2.77. The minimum atomic E-state index is -0.592. The Morgan fingerprint density at radius 1 is 1.36 bits per heavy atom. The van der Waals surface area contributed by atoms with E-state index in [1.54, 1.807) is 12.1 Å². The van der Waals surface area contributed by atoms with Gasteiger partial charge in [-0.3, -0.25) is 0 Å². The van der Waals surface area contributed by atoms with Crippen LogP contribution in [0.4, 0.5) is 4.39 Å². The van der Waals surface area contributed by atoms with Crippen LogP contribution in [0.5, 0.6) is 0 Å². The van der Waals surface area contributed by atoms with Crippen molar-refractivity contribution in [1.29, 1.82) is 0 Å². The molecule has 0 amide bonds. The quantitative estimate of drug-likeness (QED) is 0.773. The maximum absolute atomic E-state index is 12.6. The van der Waals surface area contributed by atoms with E-state index in [4.69, 9.17) is 5.73 Å². The van der Waals surface area contributed by atoms with Crippen molar-refractivity contribution in [3.63, 3.8) is 0 Å². The van der Waals surface area contributed by atoms with Gasteiger partial charge in [0.15, 0.2) is 0 Å². The van der Waals surface area contributed by atoms with Crippen LogP contribution >= 0.6 is 0 Å². The molecule has 3 heteroatoms. The lowest BCUT2D eigenvalue weighted by Gasteiger charge is -2.19. The standard InChI is InChI=1S/C11H16FNO/c1-2-8(7-13)11(14)9-3-5-10(12)6-4-9/h3-6,8,11,14H,2,7,13H2,1H3. The number of rotatable bonds is 4. The fourth-order valence-corrected chi connectivity index (χ4v) is 1.45. The molecule has 0 bridgehead atoms. The van der Waals surface area contributed by atoms with E-state index in [-0.39, 0.29) is 11.7 Å². The molecule has 0 aromatic heterocycles. The first-order chi connectivity index (χ1) is 6.69. The van der Waals surface area contributed by atoms with E-state index in [0.717, 1.165) is 12.0 Å². The molecule has 1 aromatic carbocycles. The molecule has 1 aromatic rings. The van der Waals surface area contributed by atoms with Crippen LogP contribution in [0.3, 0.4) is 0 Å². The van der Waals surface area contributed by atoms with Crippen molar-refractivity contribution in [2.24, 2.45) is 11.7 Å². The minimum absolute atomic E-state index is 0.0421. The van der Waals surface area contributed by atoms with Crippen molar-refractivity contribution in [1.82, 2.24) is 0 Å². The van der Waals surface area contributed by atoms with E-state index in [0.29, 0.717) is 6.54 Å².